The van der Waals surface area contributed by atoms with E-state index in [-0.39, 0.29) is 18.3 Å². The maximum Gasteiger partial charge on any atom is 0.491 e. The molecule has 0 atom stereocenters. The predicted molar refractivity (Wildman–Crippen MR) is 91.3 cm³/mol. The third-order valence-electron chi connectivity index (χ3n) is 4.26. The molecule has 1 aromatic rings. The number of thioether (sulfide) groups is 1. The second-order valence-corrected chi connectivity index (χ2v) is 7.16. The maximum atomic E-state index is 6.06. The average molecular weight is 305 g/mol. The summed E-state index contributed by atoms with van der Waals surface area (Å²) in [5, 5.41) is 0. The maximum absolute atomic E-state index is 6.06. The Morgan fingerprint density at radius 2 is 1.67 bits per heavy atom. The summed E-state index contributed by atoms with van der Waals surface area (Å²) in [4.78, 5) is 1.25. The minimum absolute atomic E-state index is 0.339. The fourth-order valence-electron chi connectivity index (χ4n) is 2.13. The van der Waals surface area contributed by atoms with E-state index in [0.29, 0.717) is 6.54 Å². The van der Waals surface area contributed by atoms with Crippen molar-refractivity contribution >= 4 is 25.0 Å². The van der Waals surface area contributed by atoms with Gasteiger partial charge < -0.3 is 15.0 Å². The summed E-state index contributed by atoms with van der Waals surface area (Å²) >= 11 is 1.73. The molecule has 114 valence electrons. The quantitative estimate of drug-likeness (QED) is 0.684. The normalized spacial score (nSPS) is 20.9. The first kappa shape index (κ1) is 16.6. The smallest absolute Gasteiger partial charge is 0.400 e. The monoisotopic (exact) mass is 305 g/mol. The van der Waals surface area contributed by atoms with Gasteiger partial charge in [-0.25, -0.2) is 0 Å². The molecule has 5 heteroatoms. The Morgan fingerprint density at radius 1 is 1.14 bits per heavy atom. The summed E-state index contributed by atoms with van der Waals surface area (Å²) < 4.78 is 12.1. The fraction of sp³-hybridized carbons (Fsp3) is 0.500. The molecule has 0 aliphatic carbocycles. The molecule has 21 heavy (non-hydrogen) atoms. The van der Waals surface area contributed by atoms with Crippen molar-refractivity contribution in [3.8, 4) is 0 Å². The first-order chi connectivity index (χ1) is 9.79. The van der Waals surface area contributed by atoms with Crippen LogP contribution in [0, 0.1) is 0 Å². The molecule has 0 radical (unpaired) electrons. The lowest BCUT2D eigenvalue weighted by Crippen LogP contribution is -2.41. The highest BCUT2D eigenvalue weighted by atomic mass is 32.2. The molecule has 2 rings (SSSR count). The second-order valence-electron chi connectivity index (χ2n) is 6.28. The molecule has 0 spiro atoms. The zero-order valence-electron chi connectivity index (χ0n) is 13.5. The molecule has 0 unspecified atom stereocenters. The van der Waals surface area contributed by atoms with Crippen LogP contribution in [-0.4, -0.2) is 31.1 Å². The van der Waals surface area contributed by atoms with Crippen molar-refractivity contribution in [1.29, 1.82) is 0 Å². The molecular formula is C16H24BNO2S. The van der Waals surface area contributed by atoms with Crippen molar-refractivity contribution in [1.82, 2.24) is 0 Å². The summed E-state index contributed by atoms with van der Waals surface area (Å²) in [6.07, 6.45) is 4.13. The molecule has 0 saturated carbocycles. The topological polar surface area (TPSA) is 44.5 Å². The van der Waals surface area contributed by atoms with Gasteiger partial charge in [0.15, 0.2) is 0 Å². The van der Waals surface area contributed by atoms with Crippen molar-refractivity contribution in [3.05, 3.63) is 35.3 Å². The Balaban J connectivity index is 2.22. The number of benzene rings is 1. The lowest BCUT2D eigenvalue weighted by molar-refractivity contribution is 0.00578. The minimum atomic E-state index is -0.375. The summed E-state index contributed by atoms with van der Waals surface area (Å²) in [6.45, 7) is 8.62. The molecule has 1 aliphatic rings. The van der Waals surface area contributed by atoms with E-state index in [9.17, 15) is 0 Å². The molecule has 3 nitrogen and oxygen atoms in total. The molecule has 1 heterocycles. The van der Waals surface area contributed by atoms with Gasteiger partial charge in [-0.2, -0.15) is 0 Å². The van der Waals surface area contributed by atoms with E-state index in [4.69, 9.17) is 15.0 Å². The van der Waals surface area contributed by atoms with Crippen LogP contribution in [0.1, 0.15) is 33.3 Å². The molecule has 1 fully saturated rings. The van der Waals surface area contributed by atoms with E-state index in [2.05, 4.69) is 64.3 Å². The van der Waals surface area contributed by atoms with Crippen molar-refractivity contribution in [2.75, 3.05) is 12.8 Å². The van der Waals surface area contributed by atoms with Crippen molar-refractivity contribution in [2.24, 2.45) is 5.73 Å². The van der Waals surface area contributed by atoms with Crippen molar-refractivity contribution < 1.29 is 9.31 Å². The van der Waals surface area contributed by atoms with Gasteiger partial charge in [-0.1, -0.05) is 18.2 Å². The van der Waals surface area contributed by atoms with E-state index in [1.54, 1.807) is 11.8 Å². The van der Waals surface area contributed by atoms with Crippen LogP contribution in [0.2, 0.25) is 0 Å². The number of hydrogen-bond acceptors (Lipinski definition) is 4. The molecule has 1 aromatic carbocycles. The van der Waals surface area contributed by atoms with Crippen LogP contribution >= 0.6 is 11.8 Å². The summed E-state index contributed by atoms with van der Waals surface area (Å²) in [6, 6.07) is 8.39. The summed E-state index contributed by atoms with van der Waals surface area (Å²) in [5.74, 6) is 0. The zero-order valence-corrected chi connectivity index (χ0v) is 14.3. The lowest BCUT2D eigenvalue weighted by atomic mass is 9.77. The van der Waals surface area contributed by atoms with Gasteiger partial charge in [0.25, 0.3) is 0 Å². The van der Waals surface area contributed by atoms with E-state index in [1.807, 2.05) is 0 Å². The minimum Gasteiger partial charge on any atom is -0.400 e. The highest BCUT2D eigenvalue weighted by Crippen LogP contribution is 2.38. The van der Waals surface area contributed by atoms with Crippen LogP contribution in [-0.2, 0) is 9.31 Å². The van der Waals surface area contributed by atoms with Crippen LogP contribution in [0.3, 0.4) is 0 Å². The Kier molecular flexibility index (Phi) is 4.88. The number of nitrogens with two attached hydrogens (primary N) is 1. The third kappa shape index (κ3) is 3.54. The third-order valence-corrected chi connectivity index (χ3v) is 5.00. The van der Waals surface area contributed by atoms with Crippen LogP contribution in [0.4, 0.5) is 0 Å². The molecule has 2 N–H and O–H groups in total. The van der Waals surface area contributed by atoms with Crippen molar-refractivity contribution in [2.45, 2.75) is 43.8 Å². The lowest BCUT2D eigenvalue weighted by Gasteiger charge is -2.32. The van der Waals surface area contributed by atoms with E-state index in [1.165, 1.54) is 4.90 Å². The highest BCUT2D eigenvalue weighted by Gasteiger charge is 2.52. The first-order valence-corrected chi connectivity index (χ1v) is 8.42. The van der Waals surface area contributed by atoms with Crippen LogP contribution in [0.5, 0.6) is 0 Å². The summed E-state index contributed by atoms with van der Waals surface area (Å²) in [7, 11) is -0.375. The fourth-order valence-corrected chi connectivity index (χ4v) is 2.54. The van der Waals surface area contributed by atoms with Gasteiger partial charge in [-0.3, -0.25) is 0 Å². The molecule has 0 amide bonds. The van der Waals surface area contributed by atoms with E-state index in [0.717, 1.165) is 11.0 Å². The van der Waals surface area contributed by atoms with E-state index < -0.39 is 0 Å². The number of hydrogen-bond donors (Lipinski definition) is 1. The Morgan fingerprint density at radius 3 is 2.10 bits per heavy atom. The highest BCUT2D eigenvalue weighted by molar-refractivity contribution is 7.98. The molecule has 1 aliphatic heterocycles. The Bertz CT molecular complexity index is 510. The van der Waals surface area contributed by atoms with E-state index >= 15 is 0 Å². The van der Waals surface area contributed by atoms with Crippen LogP contribution in [0.25, 0.3) is 6.08 Å². The number of rotatable bonds is 4. The Hall–Kier alpha value is -0.745. The molecule has 1 saturated heterocycles. The largest absolute Gasteiger partial charge is 0.491 e. The van der Waals surface area contributed by atoms with Gasteiger partial charge in [0.1, 0.15) is 0 Å². The molecule has 0 aromatic heterocycles. The van der Waals surface area contributed by atoms with Gasteiger partial charge in [-0.15, -0.1) is 11.8 Å². The van der Waals surface area contributed by atoms with Gasteiger partial charge in [0, 0.05) is 11.4 Å². The second kappa shape index (κ2) is 6.17. The average Bonchev–Trinajstić information content (AvgIpc) is 2.65. The van der Waals surface area contributed by atoms with Crippen LogP contribution < -0.4 is 5.73 Å². The van der Waals surface area contributed by atoms with Crippen LogP contribution in [0.15, 0.2) is 34.6 Å². The van der Waals surface area contributed by atoms with Gasteiger partial charge in [0.2, 0.25) is 0 Å². The van der Waals surface area contributed by atoms with Gasteiger partial charge in [0.05, 0.1) is 11.2 Å². The zero-order chi connectivity index (χ0) is 15.7. The van der Waals surface area contributed by atoms with Gasteiger partial charge in [-0.05, 0) is 57.1 Å². The predicted octanol–water partition coefficient (Wildman–Crippen LogP) is 3.38. The molecular weight excluding hydrogens is 281 g/mol. The SMILES string of the molecule is CSc1ccc(C=C(CN)B2OC(C)(C)C(C)(C)O2)cc1. The standard InChI is InChI=1S/C16H24BNO2S/c1-15(2)16(3,4)20-17(19-15)13(11-18)10-12-6-8-14(21-5)9-7-12/h6-10H,11,18H2,1-5H3. The van der Waals surface area contributed by atoms with Gasteiger partial charge >= 0.3 is 7.12 Å². The first-order valence-electron chi connectivity index (χ1n) is 7.19. The summed E-state index contributed by atoms with van der Waals surface area (Å²) in [5.41, 5.74) is 7.30. The van der Waals surface area contributed by atoms with Crippen molar-refractivity contribution in [3.63, 3.8) is 0 Å². The Labute approximate surface area is 132 Å². The molecule has 0 bridgehead atoms.